The summed E-state index contributed by atoms with van der Waals surface area (Å²) in [5.41, 5.74) is 1.05. The SMILES string of the molecule is CCNC(=NCc1csc(C(C)(C)C)n1)N1CC(C)C(C(=O)OC)C1. The van der Waals surface area contributed by atoms with Gasteiger partial charge in [-0.3, -0.25) is 4.79 Å². The number of rotatable bonds is 4. The Bertz CT molecular complexity index is 621. The van der Waals surface area contributed by atoms with E-state index < -0.39 is 0 Å². The van der Waals surface area contributed by atoms with E-state index in [1.54, 1.807) is 11.3 Å². The van der Waals surface area contributed by atoms with Gasteiger partial charge in [0.05, 0.1) is 30.3 Å². The van der Waals surface area contributed by atoms with Crippen molar-refractivity contribution in [1.29, 1.82) is 0 Å². The standard InChI is InChI=1S/C18H30N4O2S/c1-7-19-17(22-9-12(2)14(10-22)15(23)24-6)20-8-13-11-25-16(21-13)18(3,4)5/h11-12,14H,7-10H2,1-6H3,(H,19,20). The molecule has 0 aromatic carbocycles. The molecule has 0 aliphatic carbocycles. The molecule has 2 unspecified atom stereocenters. The lowest BCUT2D eigenvalue weighted by molar-refractivity contribution is -0.145. The maximum absolute atomic E-state index is 11.9. The Hall–Kier alpha value is -1.63. The maximum Gasteiger partial charge on any atom is 0.310 e. The van der Waals surface area contributed by atoms with E-state index >= 15 is 0 Å². The molecule has 1 aromatic heterocycles. The van der Waals surface area contributed by atoms with Crippen LogP contribution >= 0.6 is 11.3 Å². The molecule has 1 aliphatic rings. The molecule has 6 nitrogen and oxygen atoms in total. The predicted molar refractivity (Wildman–Crippen MR) is 102 cm³/mol. The van der Waals surface area contributed by atoms with Crippen molar-refractivity contribution in [2.24, 2.45) is 16.8 Å². The minimum atomic E-state index is -0.139. The number of guanidine groups is 1. The van der Waals surface area contributed by atoms with Crippen LogP contribution in [0.2, 0.25) is 0 Å². The van der Waals surface area contributed by atoms with Crippen LogP contribution in [-0.2, 0) is 21.5 Å². The highest BCUT2D eigenvalue weighted by Crippen LogP contribution is 2.26. The van der Waals surface area contributed by atoms with E-state index in [2.05, 4.69) is 43.3 Å². The number of nitrogens with zero attached hydrogens (tertiary/aromatic N) is 3. The van der Waals surface area contributed by atoms with Crippen molar-refractivity contribution in [1.82, 2.24) is 15.2 Å². The molecule has 1 aliphatic heterocycles. The molecule has 7 heteroatoms. The highest BCUT2D eigenvalue weighted by molar-refractivity contribution is 7.09. The van der Waals surface area contributed by atoms with Crippen LogP contribution in [0, 0.1) is 11.8 Å². The van der Waals surface area contributed by atoms with Gasteiger partial charge in [0.25, 0.3) is 0 Å². The molecule has 1 aromatic rings. The molecule has 0 amide bonds. The van der Waals surface area contributed by atoms with E-state index in [4.69, 9.17) is 14.7 Å². The molecule has 2 atom stereocenters. The Balaban J connectivity index is 2.09. The van der Waals surface area contributed by atoms with Gasteiger partial charge in [-0.25, -0.2) is 9.98 Å². The van der Waals surface area contributed by atoms with E-state index in [1.807, 2.05) is 6.92 Å². The summed E-state index contributed by atoms with van der Waals surface area (Å²) in [5, 5.41) is 6.54. The smallest absolute Gasteiger partial charge is 0.310 e. The molecule has 0 radical (unpaired) electrons. The fraction of sp³-hybridized carbons (Fsp3) is 0.722. The van der Waals surface area contributed by atoms with Crippen molar-refractivity contribution in [2.45, 2.75) is 46.6 Å². The van der Waals surface area contributed by atoms with Gasteiger partial charge < -0.3 is 15.0 Å². The van der Waals surface area contributed by atoms with Gasteiger partial charge in [0, 0.05) is 30.4 Å². The van der Waals surface area contributed by atoms with Gasteiger partial charge in [-0.15, -0.1) is 11.3 Å². The highest BCUT2D eigenvalue weighted by atomic mass is 32.1. The zero-order valence-corrected chi connectivity index (χ0v) is 16.9. The zero-order valence-electron chi connectivity index (χ0n) is 16.1. The van der Waals surface area contributed by atoms with Crippen molar-refractivity contribution in [3.63, 3.8) is 0 Å². The Labute approximate surface area is 154 Å². The maximum atomic E-state index is 11.9. The third kappa shape index (κ3) is 4.93. The number of likely N-dealkylation sites (tertiary alicyclic amines) is 1. The first-order valence-corrected chi connectivity index (χ1v) is 9.70. The second kappa shape index (κ2) is 8.17. The van der Waals surface area contributed by atoms with Crippen molar-refractivity contribution >= 4 is 23.3 Å². The summed E-state index contributed by atoms with van der Waals surface area (Å²) in [6.07, 6.45) is 0. The molecule has 2 rings (SSSR count). The van der Waals surface area contributed by atoms with Crippen LogP contribution in [0.1, 0.15) is 45.3 Å². The van der Waals surface area contributed by atoms with Gasteiger partial charge in [-0.1, -0.05) is 27.7 Å². The lowest BCUT2D eigenvalue weighted by atomic mass is 9.98. The number of methoxy groups -OCH3 is 1. The summed E-state index contributed by atoms with van der Waals surface area (Å²) < 4.78 is 4.92. The minimum absolute atomic E-state index is 0.0647. The van der Waals surface area contributed by atoms with E-state index in [0.29, 0.717) is 13.1 Å². The largest absolute Gasteiger partial charge is 0.469 e. The van der Waals surface area contributed by atoms with Gasteiger partial charge in [0.15, 0.2) is 5.96 Å². The van der Waals surface area contributed by atoms with Crippen LogP contribution in [0.15, 0.2) is 10.4 Å². The predicted octanol–water partition coefficient (Wildman–Crippen LogP) is 2.65. The first-order chi connectivity index (χ1) is 11.8. The third-order valence-electron chi connectivity index (χ3n) is 4.33. The van der Waals surface area contributed by atoms with E-state index in [1.165, 1.54) is 7.11 Å². The fourth-order valence-electron chi connectivity index (χ4n) is 2.90. The molecule has 1 N–H and O–H groups in total. The third-order valence-corrected chi connectivity index (χ3v) is 5.65. The van der Waals surface area contributed by atoms with Crippen LogP contribution in [0.25, 0.3) is 0 Å². The number of carbonyl (C=O) groups is 1. The van der Waals surface area contributed by atoms with Crippen molar-refractivity contribution in [2.75, 3.05) is 26.7 Å². The van der Waals surface area contributed by atoms with E-state index in [-0.39, 0.29) is 23.2 Å². The summed E-state index contributed by atoms with van der Waals surface area (Å²) in [7, 11) is 1.45. The number of hydrogen-bond acceptors (Lipinski definition) is 5. The minimum Gasteiger partial charge on any atom is -0.469 e. The number of aliphatic imine (C=N–C) groups is 1. The second-order valence-electron chi connectivity index (χ2n) is 7.58. The van der Waals surface area contributed by atoms with E-state index in [0.717, 1.165) is 29.8 Å². The molecule has 0 bridgehead atoms. The Morgan fingerprint density at radius 2 is 2.20 bits per heavy atom. The van der Waals surface area contributed by atoms with Crippen LogP contribution in [0.3, 0.4) is 0 Å². The summed E-state index contributed by atoms with van der Waals surface area (Å²) in [4.78, 5) is 23.5. The lowest BCUT2D eigenvalue weighted by Gasteiger charge is -2.21. The molecule has 140 valence electrons. The molecule has 1 saturated heterocycles. The lowest BCUT2D eigenvalue weighted by Crippen LogP contribution is -2.40. The molecule has 25 heavy (non-hydrogen) atoms. The number of aromatic nitrogens is 1. The number of ether oxygens (including phenoxy) is 1. The first kappa shape index (κ1) is 19.7. The van der Waals surface area contributed by atoms with Gasteiger partial charge >= 0.3 is 5.97 Å². The second-order valence-corrected chi connectivity index (χ2v) is 8.43. The summed E-state index contributed by atoms with van der Waals surface area (Å²) in [6, 6.07) is 0. The van der Waals surface area contributed by atoms with Crippen LogP contribution < -0.4 is 5.32 Å². The number of esters is 1. The van der Waals surface area contributed by atoms with Crippen LogP contribution in [0.4, 0.5) is 0 Å². The Kier molecular flexibility index (Phi) is 6.43. The van der Waals surface area contributed by atoms with Gasteiger partial charge in [0.2, 0.25) is 0 Å². The van der Waals surface area contributed by atoms with Crippen molar-refractivity contribution in [3.05, 3.63) is 16.1 Å². The van der Waals surface area contributed by atoms with Crippen LogP contribution in [-0.4, -0.2) is 48.6 Å². The Morgan fingerprint density at radius 1 is 1.48 bits per heavy atom. The number of hydrogen-bond donors (Lipinski definition) is 1. The molecule has 0 spiro atoms. The average molecular weight is 367 g/mol. The fourth-order valence-corrected chi connectivity index (χ4v) is 3.80. The molecule has 0 saturated carbocycles. The molecular formula is C18H30N4O2S. The summed E-state index contributed by atoms with van der Waals surface area (Å²) in [5.74, 6) is 0.856. The first-order valence-electron chi connectivity index (χ1n) is 8.82. The van der Waals surface area contributed by atoms with Gasteiger partial charge in [0.1, 0.15) is 0 Å². The quantitative estimate of drug-likeness (QED) is 0.504. The monoisotopic (exact) mass is 366 g/mol. The van der Waals surface area contributed by atoms with Gasteiger partial charge in [-0.2, -0.15) is 0 Å². The number of carbonyl (C=O) groups excluding carboxylic acids is 1. The normalized spacial score (nSPS) is 21.5. The summed E-state index contributed by atoms with van der Waals surface area (Å²) >= 11 is 1.69. The molecule has 1 fully saturated rings. The highest BCUT2D eigenvalue weighted by Gasteiger charge is 2.36. The van der Waals surface area contributed by atoms with Crippen molar-refractivity contribution in [3.8, 4) is 0 Å². The zero-order chi connectivity index (χ0) is 18.6. The average Bonchev–Trinajstić information content (AvgIpc) is 3.17. The number of nitrogens with one attached hydrogen (secondary N) is 1. The van der Waals surface area contributed by atoms with Crippen LogP contribution in [0.5, 0.6) is 0 Å². The Morgan fingerprint density at radius 3 is 2.76 bits per heavy atom. The van der Waals surface area contributed by atoms with E-state index in [9.17, 15) is 4.79 Å². The number of thiazole rings is 1. The van der Waals surface area contributed by atoms with Crippen molar-refractivity contribution < 1.29 is 9.53 Å². The topological polar surface area (TPSA) is 66.8 Å². The molecular weight excluding hydrogens is 336 g/mol. The molecule has 2 heterocycles. The summed E-state index contributed by atoms with van der Waals surface area (Å²) in [6.45, 7) is 13.4. The van der Waals surface area contributed by atoms with Gasteiger partial charge in [-0.05, 0) is 12.8 Å².